The van der Waals surface area contributed by atoms with Crippen molar-refractivity contribution in [2.24, 2.45) is 0 Å². The number of nitrogens with one attached hydrogen (secondary N) is 1. The van der Waals surface area contributed by atoms with Crippen molar-refractivity contribution in [3.05, 3.63) is 114 Å². The molecule has 0 bridgehead atoms. The number of carbonyl (C=O) groups excluding carboxylic acids is 2. The highest BCUT2D eigenvalue weighted by Crippen LogP contribution is 2.44. The molecule has 1 heterocycles. The van der Waals surface area contributed by atoms with Gasteiger partial charge >= 0.3 is 5.97 Å². The van der Waals surface area contributed by atoms with Crippen LogP contribution < -0.4 is 5.32 Å². The van der Waals surface area contributed by atoms with Gasteiger partial charge < -0.3 is 15.3 Å². The number of aliphatic carboxylic acids is 1. The summed E-state index contributed by atoms with van der Waals surface area (Å²) < 4.78 is 26.8. The summed E-state index contributed by atoms with van der Waals surface area (Å²) in [5.74, 6) is -2.52. The molecule has 8 nitrogen and oxygen atoms in total. The van der Waals surface area contributed by atoms with Gasteiger partial charge in [-0.25, -0.2) is 13.2 Å². The lowest BCUT2D eigenvalue weighted by molar-refractivity contribution is -0.168. The van der Waals surface area contributed by atoms with Gasteiger partial charge in [-0.3, -0.25) is 9.59 Å². The molecule has 2 amide bonds. The number of carboxylic acid groups (broad SMARTS) is 1. The van der Waals surface area contributed by atoms with Crippen LogP contribution in [-0.4, -0.2) is 53.2 Å². The van der Waals surface area contributed by atoms with E-state index in [1.54, 1.807) is 72.8 Å². The molecule has 1 saturated heterocycles. The van der Waals surface area contributed by atoms with Crippen molar-refractivity contribution in [2.45, 2.75) is 41.6 Å². The number of likely N-dealkylation sites (tertiary alicyclic amines) is 1. The van der Waals surface area contributed by atoms with E-state index in [4.69, 9.17) is 0 Å². The van der Waals surface area contributed by atoms with E-state index in [1.165, 1.54) is 19.1 Å². The Morgan fingerprint density at radius 3 is 1.97 bits per heavy atom. The monoisotopic (exact) mass is 564 g/mol. The molecule has 1 aliphatic heterocycles. The molecule has 3 atom stereocenters. The molecule has 0 aromatic heterocycles. The van der Waals surface area contributed by atoms with Crippen molar-refractivity contribution in [1.82, 2.24) is 10.2 Å². The lowest BCUT2D eigenvalue weighted by Gasteiger charge is -2.54. The van der Waals surface area contributed by atoms with Gasteiger partial charge in [0.05, 0.1) is 11.3 Å². The Bertz CT molecular complexity index is 1460. The fourth-order valence-corrected chi connectivity index (χ4v) is 8.14. The highest BCUT2D eigenvalue weighted by atomic mass is 33.1. The first-order chi connectivity index (χ1) is 18.6. The second-order valence-electron chi connectivity index (χ2n) is 9.28. The van der Waals surface area contributed by atoms with E-state index in [9.17, 15) is 27.9 Å². The van der Waals surface area contributed by atoms with Crippen molar-refractivity contribution >= 4 is 37.4 Å². The van der Waals surface area contributed by atoms with E-state index >= 15 is 0 Å². The lowest BCUT2D eigenvalue weighted by atomic mass is 9.80. The summed E-state index contributed by atoms with van der Waals surface area (Å²) in [4.78, 5) is 40.5. The van der Waals surface area contributed by atoms with E-state index in [1.807, 2.05) is 6.07 Å². The maximum Gasteiger partial charge on any atom is 0.334 e. The van der Waals surface area contributed by atoms with Crippen molar-refractivity contribution in [2.75, 3.05) is 0 Å². The zero-order valence-corrected chi connectivity index (χ0v) is 22.8. The molecule has 1 aliphatic rings. The summed E-state index contributed by atoms with van der Waals surface area (Å²) in [5.41, 5.74) is -0.445. The van der Waals surface area contributed by atoms with Crippen LogP contribution in [0.25, 0.3) is 0 Å². The number of benzene rings is 3. The van der Waals surface area contributed by atoms with Crippen LogP contribution in [0.4, 0.5) is 0 Å². The van der Waals surface area contributed by atoms with Crippen LogP contribution in [-0.2, 0) is 36.1 Å². The largest absolute Gasteiger partial charge is 0.479 e. The van der Waals surface area contributed by atoms with Gasteiger partial charge in [-0.2, -0.15) is 0 Å². The number of hydrogen-bond donors (Lipinski definition) is 2. The van der Waals surface area contributed by atoms with Crippen LogP contribution in [0.1, 0.15) is 18.1 Å². The zero-order valence-electron chi connectivity index (χ0n) is 21.2. The smallest absolute Gasteiger partial charge is 0.334 e. The quantitative estimate of drug-likeness (QED) is 0.207. The molecule has 0 saturated carbocycles. The van der Waals surface area contributed by atoms with Crippen LogP contribution >= 0.6 is 10.8 Å². The van der Waals surface area contributed by atoms with E-state index < -0.39 is 43.6 Å². The predicted molar refractivity (Wildman–Crippen MR) is 149 cm³/mol. The average molecular weight is 565 g/mol. The fourth-order valence-electron chi connectivity index (χ4n) is 4.57. The third kappa shape index (κ3) is 5.76. The van der Waals surface area contributed by atoms with Crippen molar-refractivity contribution < 1.29 is 27.9 Å². The molecule has 3 aromatic carbocycles. The minimum atomic E-state index is -4.04. The highest BCUT2D eigenvalue weighted by molar-refractivity contribution is 8.72. The second-order valence-corrected chi connectivity index (χ2v) is 13.2. The minimum Gasteiger partial charge on any atom is -0.479 e. The summed E-state index contributed by atoms with van der Waals surface area (Å²) in [6.07, 6.45) is -0.153. The van der Waals surface area contributed by atoms with Crippen molar-refractivity contribution in [3.63, 3.8) is 0 Å². The first-order valence-electron chi connectivity index (χ1n) is 12.1. The number of amides is 2. The number of carbonyl (C=O) groups is 3. The first-order valence-corrected chi connectivity index (χ1v) is 15.0. The highest BCUT2D eigenvalue weighted by Gasteiger charge is 2.62. The number of rotatable bonds is 11. The molecule has 202 valence electrons. The van der Waals surface area contributed by atoms with Gasteiger partial charge in [0, 0.05) is 17.2 Å². The maximum absolute atomic E-state index is 13.6. The summed E-state index contributed by atoms with van der Waals surface area (Å²) in [7, 11) is -3.60. The summed E-state index contributed by atoms with van der Waals surface area (Å²) >= 11 is 0. The summed E-state index contributed by atoms with van der Waals surface area (Å²) in [6, 6.07) is 24.0. The maximum atomic E-state index is 13.6. The molecule has 10 heteroatoms. The molecule has 2 N–H and O–H groups in total. The number of nitrogens with zero attached hydrogens (tertiary/aromatic N) is 1. The molecule has 3 aromatic rings. The third-order valence-corrected chi connectivity index (χ3v) is 10.3. The normalized spacial score (nSPS) is 18.5. The first kappa shape index (κ1) is 28.1. The van der Waals surface area contributed by atoms with Gasteiger partial charge in [0.2, 0.25) is 20.7 Å². The number of hydrogen-bond acceptors (Lipinski definition) is 6. The molecule has 4 rings (SSSR count). The van der Waals surface area contributed by atoms with Crippen LogP contribution in [0.15, 0.2) is 108 Å². The van der Waals surface area contributed by atoms with E-state index in [2.05, 4.69) is 11.9 Å². The Kier molecular flexibility index (Phi) is 8.27. The SMILES string of the molecule is C=C(C)C(Cc1ccccc1)(C(=O)O)N1C(=O)C(NC(=O)Cc2ccccc2)C1SS(=O)(=O)c1ccccc1. The molecular formula is C29H28N2O6S2. The molecule has 1 fully saturated rings. The molecule has 3 unspecified atom stereocenters. The Balaban J connectivity index is 1.72. The fraction of sp³-hybridized carbons (Fsp3) is 0.207. The predicted octanol–water partition coefficient (Wildman–Crippen LogP) is 3.65. The third-order valence-electron chi connectivity index (χ3n) is 6.60. The Morgan fingerprint density at radius 1 is 0.949 bits per heavy atom. The lowest BCUT2D eigenvalue weighted by Crippen LogP contribution is -2.78. The zero-order chi connectivity index (χ0) is 28.2. The Hall–Kier alpha value is -3.89. The number of carboxylic acids is 1. The van der Waals surface area contributed by atoms with Crippen LogP contribution in [0, 0.1) is 0 Å². The second kappa shape index (κ2) is 11.5. The van der Waals surface area contributed by atoms with E-state index in [0.29, 0.717) is 21.9 Å². The minimum absolute atomic E-state index is 0.00275. The Morgan fingerprint density at radius 2 is 1.46 bits per heavy atom. The molecule has 0 spiro atoms. The van der Waals surface area contributed by atoms with Gasteiger partial charge in [-0.15, -0.1) is 0 Å². The van der Waals surface area contributed by atoms with E-state index in [-0.39, 0.29) is 23.3 Å². The van der Waals surface area contributed by atoms with Crippen molar-refractivity contribution in [1.29, 1.82) is 0 Å². The van der Waals surface area contributed by atoms with Crippen LogP contribution in [0.3, 0.4) is 0 Å². The summed E-state index contributed by atoms with van der Waals surface area (Å²) in [6.45, 7) is 5.39. The van der Waals surface area contributed by atoms with Gasteiger partial charge in [0.1, 0.15) is 11.4 Å². The van der Waals surface area contributed by atoms with Crippen LogP contribution in [0.2, 0.25) is 0 Å². The van der Waals surface area contributed by atoms with Gasteiger partial charge in [0.25, 0.3) is 0 Å². The topological polar surface area (TPSA) is 121 Å². The Labute approximate surface area is 231 Å². The van der Waals surface area contributed by atoms with Crippen molar-refractivity contribution in [3.8, 4) is 0 Å². The van der Waals surface area contributed by atoms with Gasteiger partial charge in [-0.05, 0) is 35.8 Å². The molecule has 39 heavy (non-hydrogen) atoms. The average Bonchev–Trinajstić information content (AvgIpc) is 2.92. The molecular weight excluding hydrogens is 536 g/mol. The van der Waals surface area contributed by atoms with Gasteiger partial charge in [0.15, 0.2) is 5.54 Å². The molecule has 0 radical (unpaired) electrons. The molecule has 0 aliphatic carbocycles. The van der Waals surface area contributed by atoms with E-state index in [0.717, 1.165) is 4.90 Å². The van der Waals surface area contributed by atoms with Gasteiger partial charge in [-0.1, -0.05) is 85.4 Å². The summed E-state index contributed by atoms with van der Waals surface area (Å²) in [5, 5.41) is 11.9. The van der Waals surface area contributed by atoms with Crippen LogP contribution in [0.5, 0.6) is 0 Å². The standard InChI is InChI=1S/C29H28N2O6S2/c1-20(2)29(28(34)35,19-22-14-8-4-9-15-22)31-26(33)25(30-24(32)18-21-12-6-3-7-13-21)27(31)38-39(36,37)23-16-10-5-11-17-23/h3-17,25,27H,1,18-19H2,2H3,(H,30,32)(H,34,35). The number of β-lactam (4-membered cyclic amide) rings is 1.